The number of nitriles is 2. The topological polar surface area (TPSA) is 84.5 Å². The van der Waals surface area contributed by atoms with Crippen LogP contribution in [0.15, 0.2) is 0 Å². The largest absolute Gasteiger partial charge is 0.488 e. The van der Waals surface area contributed by atoms with Gasteiger partial charge in [-0.25, -0.2) is 0 Å². The van der Waals surface area contributed by atoms with Gasteiger partial charge >= 0.3 is 0 Å². The molecule has 0 spiro atoms. The molecule has 0 aromatic heterocycles. The van der Waals surface area contributed by atoms with Gasteiger partial charge in [0, 0.05) is 0 Å². The monoisotopic (exact) mass is 841 g/mol. The van der Waals surface area contributed by atoms with Gasteiger partial charge in [-0.15, -0.1) is 0 Å². The summed E-state index contributed by atoms with van der Waals surface area (Å²) in [5.41, 5.74) is 2.04. The van der Waals surface area contributed by atoms with Crippen molar-refractivity contribution < 1.29 is 18.9 Å². The summed E-state index contributed by atoms with van der Waals surface area (Å²) in [6.45, 7) is 2.28. The van der Waals surface area contributed by atoms with Gasteiger partial charge in [-0.1, -0.05) is 0 Å². The summed E-state index contributed by atoms with van der Waals surface area (Å²) >= 11 is 0. The number of rotatable bonds is 16. The highest BCUT2D eigenvalue weighted by Gasteiger charge is 2.54. The molecule has 6 heteroatoms. The Kier molecular flexibility index (Phi) is 9.59. The van der Waals surface area contributed by atoms with Gasteiger partial charge in [0.25, 0.3) is 0 Å². The first-order valence-electron chi connectivity index (χ1n) is 26.8. The van der Waals surface area contributed by atoms with E-state index in [1.54, 1.807) is 0 Å². The smallest absolute Gasteiger partial charge is 0.209 e. The van der Waals surface area contributed by atoms with Crippen LogP contribution < -0.4 is 18.9 Å². The summed E-state index contributed by atoms with van der Waals surface area (Å²) < 4.78 is 28.3. The predicted molar refractivity (Wildman–Crippen MR) is 239 cm³/mol. The minimum atomic E-state index is 0.293. The van der Waals surface area contributed by atoms with Crippen molar-refractivity contribution in [3.05, 3.63) is 11.1 Å². The van der Waals surface area contributed by atoms with Crippen molar-refractivity contribution in [2.45, 2.75) is 180 Å². The summed E-state index contributed by atoms with van der Waals surface area (Å²) in [5.74, 6) is 12.7. The molecule has 1 aromatic rings. The number of benzene rings is 1. The molecule has 1 aromatic carbocycles. The van der Waals surface area contributed by atoms with E-state index in [1.807, 2.05) is 0 Å². The first kappa shape index (κ1) is 39.7. The summed E-state index contributed by atoms with van der Waals surface area (Å²) in [7, 11) is 0. The van der Waals surface area contributed by atoms with E-state index in [0.29, 0.717) is 82.2 Å². The van der Waals surface area contributed by atoms with Crippen LogP contribution in [0.1, 0.15) is 191 Å². The molecule has 16 aliphatic carbocycles. The SMILES string of the molecule is N#Cc1c(C#N)c(OCCC23CC4CC(CC(C4)C2)C3)c(OCCC23CC4CC(CC(C4)C2)C3)c(OCCC23CC4CC(CC(C4)C2)C3)c1OCCC12CC3CC(CC(C3)C1)C2. The average Bonchev–Trinajstić information content (AvgIpc) is 3.20. The molecular formula is C56H76N2O4. The number of hydrogen-bond donors (Lipinski definition) is 0. The summed E-state index contributed by atoms with van der Waals surface area (Å²) in [4.78, 5) is 0. The molecule has 0 unspecified atom stereocenters. The van der Waals surface area contributed by atoms with E-state index >= 15 is 0 Å². The van der Waals surface area contributed by atoms with Gasteiger partial charge in [-0.05, 0) is 272 Å². The van der Waals surface area contributed by atoms with Gasteiger partial charge in [-0.2, -0.15) is 10.5 Å². The van der Waals surface area contributed by atoms with Crippen LogP contribution in [0.3, 0.4) is 0 Å². The van der Waals surface area contributed by atoms with Gasteiger partial charge in [-0.3, -0.25) is 0 Å². The standard InChI is InChI=1S/C56H76N2O4/c57-33-47-48(34-58)50(60-6-2-54-24-38-12-39(25-54)14-40(13-38)26-54)52(62-8-4-56-30-44-18-45(31-56)20-46(19-44)32-56)51(61-7-3-55-27-41-15-42(28-55)17-43(16-41)29-55)49(47)59-5-1-53-21-35-9-36(22-53)11-37(10-35)23-53/h35-46H,1-32H2. The zero-order valence-corrected chi connectivity index (χ0v) is 38.1. The molecule has 16 aliphatic rings. The first-order chi connectivity index (χ1) is 30.2. The van der Waals surface area contributed by atoms with Crippen LogP contribution in [0.5, 0.6) is 23.0 Å². The molecule has 0 N–H and O–H groups in total. The quantitative estimate of drug-likeness (QED) is 0.165. The van der Waals surface area contributed by atoms with E-state index in [0.717, 1.165) is 96.7 Å². The third-order valence-electron chi connectivity index (χ3n) is 21.7. The first-order valence-corrected chi connectivity index (χ1v) is 26.8. The fourth-order valence-corrected chi connectivity index (χ4v) is 21.3. The van der Waals surface area contributed by atoms with E-state index in [2.05, 4.69) is 12.1 Å². The molecule has 17 rings (SSSR count). The van der Waals surface area contributed by atoms with Crippen molar-refractivity contribution in [1.82, 2.24) is 0 Å². The van der Waals surface area contributed by atoms with Gasteiger partial charge in [0.15, 0.2) is 11.5 Å². The summed E-state index contributed by atoms with van der Waals surface area (Å²) in [5, 5.41) is 22.2. The van der Waals surface area contributed by atoms with Gasteiger partial charge in [0.1, 0.15) is 23.3 Å². The molecule has 0 aliphatic heterocycles. The lowest BCUT2D eigenvalue weighted by Gasteiger charge is -2.57. The fraction of sp³-hybridized carbons (Fsp3) is 0.857. The van der Waals surface area contributed by atoms with Gasteiger partial charge in [0.2, 0.25) is 11.5 Å². The number of nitrogens with zero attached hydrogens (tertiary/aromatic N) is 2. The Bertz CT molecular complexity index is 1720. The van der Waals surface area contributed by atoms with E-state index in [4.69, 9.17) is 18.9 Å². The maximum Gasteiger partial charge on any atom is 0.209 e. The van der Waals surface area contributed by atoms with Crippen LogP contribution >= 0.6 is 0 Å². The lowest BCUT2D eigenvalue weighted by atomic mass is 9.49. The molecule has 0 saturated heterocycles. The minimum absolute atomic E-state index is 0.293. The lowest BCUT2D eigenvalue weighted by Crippen LogP contribution is -2.46. The van der Waals surface area contributed by atoms with Crippen LogP contribution in [-0.4, -0.2) is 26.4 Å². The average molecular weight is 841 g/mol. The van der Waals surface area contributed by atoms with Crippen LogP contribution in [-0.2, 0) is 0 Å². The third-order valence-corrected chi connectivity index (χ3v) is 21.7. The highest BCUT2D eigenvalue weighted by Crippen LogP contribution is 2.65. The Hall–Kier alpha value is -2.60. The van der Waals surface area contributed by atoms with E-state index in [-0.39, 0.29) is 0 Å². The Morgan fingerprint density at radius 2 is 0.484 bits per heavy atom. The molecule has 62 heavy (non-hydrogen) atoms. The fourth-order valence-electron chi connectivity index (χ4n) is 21.3. The second-order valence-corrected chi connectivity index (χ2v) is 26.4. The zero-order chi connectivity index (χ0) is 41.3. The van der Waals surface area contributed by atoms with Crippen molar-refractivity contribution in [3.8, 4) is 35.1 Å². The molecule has 6 nitrogen and oxygen atoms in total. The Labute approximate surface area is 373 Å². The zero-order valence-electron chi connectivity index (χ0n) is 38.1. The molecular weight excluding hydrogens is 765 g/mol. The van der Waals surface area contributed by atoms with Gasteiger partial charge < -0.3 is 18.9 Å². The second kappa shape index (κ2) is 15.0. The second-order valence-electron chi connectivity index (χ2n) is 26.4. The maximum atomic E-state index is 11.1. The van der Waals surface area contributed by atoms with Crippen molar-refractivity contribution in [1.29, 1.82) is 10.5 Å². The molecule has 16 saturated carbocycles. The molecule has 16 fully saturated rings. The number of ether oxygens (including phenoxy) is 4. The van der Waals surface area contributed by atoms with Crippen LogP contribution in [0.2, 0.25) is 0 Å². The summed E-state index contributed by atoms with van der Waals surface area (Å²) in [6, 6.07) is 5.04. The van der Waals surface area contributed by atoms with Crippen molar-refractivity contribution in [2.24, 2.45) is 92.7 Å². The third kappa shape index (κ3) is 7.01. The molecule has 0 atom stereocenters. The van der Waals surface area contributed by atoms with E-state index in [9.17, 15) is 10.5 Å². The van der Waals surface area contributed by atoms with Crippen molar-refractivity contribution in [3.63, 3.8) is 0 Å². The molecule has 0 heterocycles. The van der Waals surface area contributed by atoms with Crippen molar-refractivity contribution in [2.75, 3.05) is 26.4 Å². The van der Waals surface area contributed by atoms with Crippen LogP contribution in [0.4, 0.5) is 0 Å². The highest BCUT2D eigenvalue weighted by molar-refractivity contribution is 5.73. The predicted octanol–water partition coefficient (Wildman–Crippen LogP) is 13.4. The van der Waals surface area contributed by atoms with E-state index < -0.39 is 0 Å². The molecule has 0 radical (unpaired) electrons. The number of hydrogen-bond acceptors (Lipinski definition) is 6. The minimum Gasteiger partial charge on any atom is -0.488 e. The Morgan fingerprint density at radius 1 is 0.306 bits per heavy atom. The van der Waals surface area contributed by atoms with Crippen molar-refractivity contribution >= 4 is 0 Å². The molecule has 0 amide bonds. The normalized spacial score (nSPS) is 46.5. The van der Waals surface area contributed by atoms with Gasteiger partial charge in [0.05, 0.1) is 26.4 Å². The summed E-state index contributed by atoms with van der Waals surface area (Å²) in [6.07, 6.45) is 37.4. The lowest BCUT2D eigenvalue weighted by molar-refractivity contribution is -0.0647. The highest BCUT2D eigenvalue weighted by atomic mass is 16.6. The molecule has 16 bridgehead atoms. The van der Waals surface area contributed by atoms with E-state index in [1.165, 1.54) is 154 Å². The molecule has 334 valence electrons. The Balaban J connectivity index is 0.827. The van der Waals surface area contributed by atoms with Crippen LogP contribution in [0.25, 0.3) is 0 Å². The van der Waals surface area contributed by atoms with Crippen LogP contribution in [0, 0.1) is 115 Å². The maximum absolute atomic E-state index is 11.1. The Morgan fingerprint density at radius 3 is 0.661 bits per heavy atom.